The van der Waals surface area contributed by atoms with Crippen LogP contribution >= 0.6 is 12.2 Å². The van der Waals surface area contributed by atoms with Crippen LogP contribution in [0.3, 0.4) is 0 Å². The van der Waals surface area contributed by atoms with Gasteiger partial charge in [0.25, 0.3) is 0 Å². The Morgan fingerprint density at radius 2 is 2.00 bits per heavy atom. The zero-order valence-electron chi connectivity index (χ0n) is 8.27. The van der Waals surface area contributed by atoms with Crippen molar-refractivity contribution in [3.8, 4) is 0 Å². The predicted molar refractivity (Wildman–Crippen MR) is 61.0 cm³/mol. The minimum absolute atomic E-state index is 0.361. The van der Waals surface area contributed by atoms with Crippen LogP contribution in [0.15, 0.2) is 30.6 Å². The molecular weight excluding hydrogens is 192 g/mol. The third-order valence-electron chi connectivity index (χ3n) is 2.25. The summed E-state index contributed by atoms with van der Waals surface area (Å²) in [5, 5.41) is 1.05. The second-order valence-electron chi connectivity index (χ2n) is 3.57. The molecule has 14 heavy (non-hydrogen) atoms. The standard InChI is InChI=1S/C11H12N2S/c1-8(2)13-7-12-10-6-4-3-5-9(10)11(13)14/h3-8H,1-2H3. The Morgan fingerprint density at radius 3 is 2.71 bits per heavy atom. The number of para-hydroxylation sites is 1. The maximum absolute atomic E-state index is 5.39. The number of hydrogen-bond acceptors (Lipinski definition) is 2. The summed E-state index contributed by atoms with van der Waals surface area (Å²) < 4.78 is 2.88. The summed E-state index contributed by atoms with van der Waals surface area (Å²) in [6, 6.07) is 8.33. The zero-order valence-corrected chi connectivity index (χ0v) is 9.08. The van der Waals surface area contributed by atoms with Gasteiger partial charge in [0.2, 0.25) is 0 Å². The van der Waals surface area contributed by atoms with Gasteiger partial charge in [0.15, 0.2) is 0 Å². The van der Waals surface area contributed by atoms with E-state index in [1.807, 2.05) is 35.2 Å². The van der Waals surface area contributed by atoms with Crippen LogP contribution < -0.4 is 0 Å². The Hall–Kier alpha value is -1.22. The molecule has 0 fully saturated rings. The average Bonchev–Trinajstić information content (AvgIpc) is 2.18. The van der Waals surface area contributed by atoms with Gasteiger partial charge < -0.3 is 4.57 Å². The van der Waals surface area contributed by atoms with E-state index in [0.717, 1.165) is 15.5 Å². The van der Waals surface area contributed by atoms with E-state index in [1.54, 1.807) is 0 Å². The van der Waals surface area contributed by atoms with E-state index in [4.69, 9.17) is 12.2 Å². The molecular formula is C11H12N2S. The van der Waals surface area contributed by atoms with Crippen molar-refractivity contribution >= 4 is 23.1 Å². The Morgan fingerprint density at radius 1 is 1.29 bits per heavy atom. The molecule has 0 unspecified atom stereocenters. The number of nitrogens with zero attached hydrogens (tertiary/aromatic N) is 2. The first-order chi connectivity index (χ1) is 6.70. The lowest BCUT2D eigenvalue weighted by molar-refractivity contribution is 0.583. The van der Waals surface area contributed by atoms with Crippen molar-refractivity contribution in [2.45, 2.75) is 19.9 Å². The average molecular weight is 204 g/mol. The van der Waals surface area contributed by atoms with Gasteiger partial charge in [-0.15, -0.1) is 0 Å². The number of benzene rings is 1. The summed E-state index contributed by atoms with van der Waals surface area (Å²) in [4.78, 5) is 4.36. The zero-order chi connectivity index (χ0) is 10.1. The fraction of sp³-hybridized carbons (Fsp3) is 0.273. The molecule has 0 bridgehead atoms. The number of fused-ring (bicyclic) bond motifs is 1. The van der Waals surface area contributed by atoms with E-state index in [9.17, 15) is 0 Å². The smallest absolute Gasteiger partial charge is 0.116 e. The first kappa shape index (κ1) is 9.34. The molecule has 0 aliphatic heterocycles. The lowest BCUT2D eigenvalue weighted by Gasteiger charge is -2.11. The molecule has 2 nitrogen and oxygen atoms in total. The molecule has 3 heteroatoms. The van der Waals surface area contributed by atoms with E-state index in [0.29, 0.717) is 6.04 Å². The SMILES string of the molecule is CC(C)n1cnc2ccccc2c1=S. The Labute approximate surface area is 88.2 Å². The van der Waals surface area contributed by atoms with Gasteiger partial charge >= 0.3 is 0 Å². The Kier molecular flexibility index (Phi) is 2.33. The third kappa shape index (κ3) is 1.44. The molecule has 0 atom stereocenters. The van der Waals surface area contributed by atoms with E-state index in [-0.39, 0.29) is 0 Å². The predicted octanol–water partition coefficient (Wildman–Crippen LogP) is 3.35. The van der Waals surface area contributed by atoms with Crippen molar-refractivity contribution < 1.29 is 0 Å². The summed E-state index contributed by atoms with van der Waals surface area (Å²) >= 11 is 5.39. The van der Waals surface area contributed by atoms with Gasteiger partial charge in [0, 0.05) is 11.4 Å². The number of aromatic nitrogens is 2. The van der Waals surface area contributed by atoms with Gasteiger partial charge in [-0.3, -0.25) is 0 Å². The van der Waals surface area contributed by atoms with Crippen LogP contribution in [0.1, 0.15) is 19.9 Å². The summed E-state index contributed by atoms with van der Waals surface area (Å²) in [5.41, 5.74) is 0.967. The fourth-order valence-corrected chi connectivity index (χ4v) is 1.88. The fourth-order valence-electron chi connectivity index (χ4n) is 1.45. The van der Waals surface area contributed by atoms with Crippen molar-refractivity contribution in [3.63, 3.8) is 0 Å². The van der Waals surface area contributed by atoms with Gasteiger partial charge in [0.1, 0.15) is 4.64 Å². The van der Waals surface area contributed by atoms with Gasteiger partial charge in [-0.25, -0.2) is 4.98 Å². The molecule has 1 aromatic carbocycles. The summed E-state index contributed by atoms with van der Waals surface area (Å²) in [7, 11) is 0. The molecule has 2 rings (SSSR count). The summed E-state index contributed by atoms with van der Waals surface area (Å²) in [6.45, 7) is 4.21. The number of hydrogen-bond donors (Lipinski definition) is 0. The van der Waals surface area contributed by atoms with Crippen LogP contribution in [0, 0.1) is 4.64 Å². The molecule has 0 aliphatic carbocycles. The first-order valence-electron chi connectivity index (χ1n) is 4.66. The van der Waals surface area contributed by atoms with Crippen LogP contribution in [0.2, 0.25) is 0 Å². The van der Waals surface area contributed by atoms with Crippen molar-refractivity contribution in [2.24, 2.45) is 0 Å². The molecule has 0 saturated carbocycles. The second-order valence-corrected chi connectivity index (χ2v) is 3.95. The maximum atomic E-state index is 5.39. The lowest BCUT2D eigenvalue weighted by Crippen LogP contribution is -2.04. The van der Waals surface area contributed by atoms with Crippen molar-refractivity contribution in [1.82, 2.24) is 9.55 Å². The van der Waals surface area contributed by atoms with Crippen LogP contribution in [0.4, 0.5) is 0 Å². The van der Waals surface area contributed by atoms with E-state index in [2.05, 4.69) is 18.8 Å². The van der Waals surface area contributed by atoms with Crippen LogP contribution in [-0.2, 0) is 0 Å². The van der Waals surface area contributed by atoms with Gasteiger partial charge in [-0.1, -0.05) is 24.4 Å². The van der Waals surface area contributed by atoms with E-state index in [1.165, 1.54) is 0 Å². The van der Waals surface area contributed by atoms with Crippen molar-refractivity contribution in [3.05, 3.63) is 35.2 Å². The van der Waals surface area contributed by atoms with Gasteiger partial charge in [-0.2, -0.15) is 0 Å². The van der Waals surface area contributed by atoms with Crippen LogP contribution in [0.25, 0.3) is 10.9 Å². The first-order valence-corrected chi connectivity index (χ1v) is 5.07. The van der Waals surface area contributed by atoms with Crippen LogP contribution in [-0.4, -0.2) is 9.55 Å². The maximum Gasteiger partial charge on any atom is 0.116 e. The molecule has 72 valence electrons. The highest BCUT2D eigenvalue weighted by molar-refractivity contribution is 7.71. The van der Waals surface area contributed by atoms with Crippen molar-refractivity contribution in [2.75, 3.05) is 0 Å². The number of rotatable bonds is 1. The summed E-state index contributed by atoms with van der Waals surface area (Å²) in [5.74, 6) is 0. The molecule has 0 amide bonds. The molecule has 1 aromatic heterocycles. The van der Waals surface area contributed by atoms with E-state index >= 15 is 0 Å². The molecule has 0 spiro atoms. The third-order valence-corrected chi connectivity index (χ3v) is 2.68. The molecule has 0 aliphatic rings. The molecule has 2 aromatic rings. The Balaban J connectivity index is 2.82. The molecule has 0 N–H and O–H groups in total. The largest absolute Gasteiger partial charge is 0.320 e. The monoisotopic (exact) mass is 204 g/mol. The minimum Gasteiger partial charge on any atom is -0.320 e. The molecule has 1 heterocycles. The van der Waals surface area contributed by atoms with Crippen molar-refractivity contribution in [1.29, 1.82) is 0 Å². The van der Waals surface area contributed by atoms with E-state index < -0.39 is 0 Å². The van der Waals surface area contributed by atoms with Gasteiger partial charge in [-0.05, 0) is 26.0 Å². The minimum atomic E-state index is 0.361. The van der Waals surface area contributed by atoms with Crippen LogP contribution in [0.5, 0.6) is 0 Å². The topological polar surface area (TPSA) is 17.8 Å². The quantitative estimate of drug-likeness (QED) is 0.663. The normalized spacial score (nSPS) is 11.1. The molecule has 0 saturated heterocycles. The Bertz CT molecular complexity index is 514. The second kappa shape index (κ2) is 3.50. The molecule has 0 radical (unpaired) electrons. The highest BCUT2D eigenvalue weighted by atomic mass is 32.1. The highest BCUT2D eigenvalue weighted by Crippen LogP contribution is 2.15. The summed E-state index contributed by atoms with van der Waals surface area (Å²) in [6.07, 6.45) is 1.81. The van der Waals surface area contributed by atoms with Gasteiger partial charge in [0.05, 0.1) is 11.8 Å². The lowest BCUT2D eigenvalue weighted by atomic mass is 10.2. The highest BCUT2D eigenvalue weighted by Gasteiger charge is 2.01.